The molecule has 0 atom stereocenters. The topological polar surface area (TPSA) is 76.8 Å². The maximum absolute atomic E-state index is 13.1. The van der Waals surface area contributed by atoms with Gasteiger partial charge in [-0.25, -0.2) is 4.39 Å². The molecule has 1 amide bonds. The van der Waals surface area contributed by atoms with E-state index in [4.69, 9.17) is 0 Å². The van der Waals surface area contributed by atoms with Crippen molar-refractivity contribution in [3.8, 4) is 11.3 Å². The molecule has 5 rings (SSSR count). The summed E-state index contributed by atoms with van der Waals surface area (Å²) in [5, 5.41) is 11.6. The van der Waals surface area contributed by atoms with E-state index in [1.54, 1.807) is 12.1 Å². The standard InChI is InChI=1S/C23H22FN5O/c24-16-6-4-15(5-7-16)21-14-22(28-27-21)29-12-9-17(10-13-29)26-23(30)19-2-1-3-20-18(19)8-11-25-20/h1-8,11,14,17,25H,9-10,12-13H2,(H,26,30)(H,27,28). The van der Waals surface area contributed by atoms with Crippen LogP contribution >= 0.6 is 0 Å². The summed E-state index contributed by atoms with van der Waals surface area (Å²) < 4.78 is 13.1. The monoisotopic (exact) mass is 403 g/mol. The minimum absolute atomic E-state index is 0.0305. The van der Waals surface area contributed by atoms with Gasteiger partial charge in [0.1, 0.15) is 5.82 Å². The number of nitrogens with zero attached hydrogens (tertiary/aromatic N) is 2. The van der Waals surface area contributed by atoms with Crippen LogP contribution in [-0.2, 0) is 0 Å². The third kappa shape index (κ3) is 3.54. The van der Waals surface area contributed by atoms with E-state index in [1.165, 1.54) is 12.1 Å². The molecule has 4 aromatic rings. The van der Waals surface area contributed by atoms with Gasteiger partial charge in [0.15, 0.2) is 5.82 Å². The molecule has 0 spiro atoms. The molecule has 3 heterocycles. The van der Waals surface area contributed by atoms with Gasteiger partial charge in [-0.05, 0) is 60.9 Å². The van der Waals surface area contributed by atoms with Crippen molar-refractivity contribution in [3.63, 3.8) is 0 Å². The van der Waals surface area contributed by atoms with Gasteiger partial charge in [-0.3, -0.25) is 9.89 Å². The summed E-state index contributed by atoms with van der Waals surface area (Å²) in [7, 11) is 0. The first-order valence-corrected chi connectivity index (χ1v) is 10.1. The largest absolute Gasteiger partial charge is 0.361 e. The van der Waals surface area contributed by atoms with E-state index < -0.39 is 0 Å². The minimum atomic E-state index is -0.254. The Labute approximate surface area is 173 Å². The van der Waals surface area contributed by atoms with Crippen molar-refractivity contribution in [3.05, 3.63) is 72.2 Å². The first-order chi connectivity index (χ1) is 14.7. The van der Waals surface area contributed by atoms with Crippen LogP contribution in [0.4, 0.5) is 10.2 Å². The lowest BCUT2D eigenvalue weighted by Gasteiger charge is -2.32. The van der Waals surface area contributed by atoms with Crippen LogP contribution in [0.2, 0.25) is 0 Å². The number of benzene rings is 2. The number of piperidine rings is 1. The molecule has 0 radical (unpaired) electrons. The molecule has 7 heteroatoms. The van der Waals surface area contributed by atoms with Crippen molar-refractivity contribution in [1.29, 1.82) is 0 Å². The van der Waals surface area contributed by atoms with Gasteiger partial charge in [0.2, 0.25) is 0 Å². The first-order valence-electron chi connectivity index (χ1n) is 10.1. The highest BCUT2D eigenvalue weighted by atomic mass is 19.1. The number of aromatic amines is 2. The number of anilines is 1. The molecule has 1 aliphatic heterocycles. The molecule has 0 saturated carbocycles. The quantitative estimate of drug-likeness (QED) is 0.480. The number of fused-ring (bicyclic) bond motifs is 1. The second kappa shape index (κ2) is 7.67. The zero-order chi connectivity index (χ0) is 20.5. The summed E-state index contributed by atoms with van der Waals surface area (Å²) in [5.74, 6) is 0.587. The third-order valence-corrected chi connectivity index (χ3v) is 5.71. The van der Waals surface area contributed by atoms with E-state index in [9.17, 15) is 9.18 Å². The van der Waals surface area contributed by atoms with Gasteiger partial charge in [-0.2, -0.15) is 5.10 Å². The number of amides is 1. The molecule has 6 nitrogen and oxygen atoms in total. The molecular formula is C23H22FN5O. The molecule has 2 aromatic carbocycles. The third-order valence-electron chi connectivity index (χ3n) is 5.71. The van der Waals surface area contributed by atoms with E-state index in [0.717, 1.165) is 53.9 Å². The van der Waals surface area contributed by atoms with Crippen molar-refractivity contribution >= 4 is 22.6 Å². The van der Waals surface area contributed by atoms with Crippen molar-refractivity contribution < 1.29 is 9.18 Å². The fourth-order valence-electron chi connectivity index (χ4n) is 4.05. The van der Waals surface area contributed by atoms with Crippen molar-refractivity contribution in [1.82, 2.24) is 20.5 Å². The Morgan fingerprint density at radius 1 is 1.10 bits per heavy atom. The molecule has 2 aromatic heterocycles. The molecule has 1 aliphatic rings. The Kier molecular flexibility index (Phi) is 4.71. The summed E-state index contributed by atoms with van der Waals surface area (Å²) in [6.07, 6.45) is 3.56. The minimum Gasteiger partial charge on any atom is -0.361 e. The van der Waals surface area contributed by atoms with Crippen LogP contribution in [-0.4, -0.2) is 40.2 Å². The van der Waals surface area contributed by atoms with Gasteiger partial charge in [-0.15, -0.1) is 0 Å². The second-order valence-corrected chi connectivity index (χ2v) is 7.63. The zero-order valence-corrected chi connectivity index (χ0v) is 16.4. The van der Waals surface area contributed by atoms with Crippen LogP contribution < -0.4 is 10.2 Å². The van der Waals surface area contributed by atoms with Gasteiger partial charge in [-0.1, -0.05) is 6.07 Å². The van der Waals surface area contributed by atoms with Crippen molar-refractivity contribution in [2.24, 2.45) is 0 Å². The normalized spacial score (nSPS) is 14.9. The average molecular weight is 403 g/mol. The van der Waals surface area contributed by atoms with E-state index in [-0.39, 0.29) is 17.8 Å². The number of nitrogens with one attached hydrogen (secondary N) is 3. The van der Waals surface area contributed by atoms with E-state index in [1.807, 2.05) is 36.5 Å². The number of aromatic nitrogens is 3. The predicted octanol–water partition coefficient (Wildman–Crippen LogP) is 4.10. The molecule has 3 N–H and O–H groups in total. The number of H-pyrrole nitrogens is 2. The van der Waals surface area contributed by atoms with E-state index in [2.05, 4.69) is 25.4 Å². The summed E-state index contributed by atoms with van der Waals surface area (Å²) >= 11 is 0. The lowest BCUT2D eigenvalue weighted by atomic mass is 10.0. The predicted molar refractivity (Wildman–Crippen MR) is 115 cm³/mol. The molecule has 152 valence electrons. The summed E-state index contributed by atoms with van der Waals surface area (Å²) in [6.45, 7) is 1.63. The summed E-state index contributed by atoms with van der Waals surface area (Å²) in [6, 6.07) is 16.1. The molecule has 1 saturated heterocycles. The van der Waals surface area contributed by atoms with Crippen LogP contribution in [0.25, 0.3) is 22.2 Å². The van der Waals surface area contributed by atoms with E-state index >= 15 is 0 Å². The fraction of sp³-hybridized carbons (Fsp3) is 0.217. The Hall–Kier alpha value is -3.61. The SMILES string of the molecule is O=C(NC1CCN(c2cc(-c3ccc(F)cc3)[nH]n2)CC1)c1cccc2[nH]ccc12. The van der Waals surface area contributed by atoms with E-state index in [0.29, 0.717) is 5.56 Å². The highest BCUT2D eigenvalue weighted by Gasteiger charge is 2.23. The van der Waals surface area contributed by atoms with Crippen LogP contribution in [0.15, 0.2) is 60.8 Å². The van der Waals surface area contributed by atoms with Crippen LogP contribution in [0.5, 0.6) is 0 Å². The number of carbonyl (C=O) groups excluding carboxylic acids is 1. The molecule has 0 bridgehead atoms. The number of hydrogen-bond donors (Lipinski definition) is 3. The maximum Gasteiger partial charge on any atom is 0.252 e. The Bertz CT molecular complexity index is 1170. The molecule has 1 fully saturated rings. The summed E-state index contributed by atoms with van der Waals surface area (Å²) in [4.78, 5) is 18.1. The second-order valence-electron chi connectivity index (χ2n) is 7.63. The van der Waals surface area contributed by atoms with Crippen molar-refractivity contribution in [2.45, 2.75) is 18.9 Å². The highest BCUT2D eigenvalue weighted by Crippen LogP contribution is 2.25. The molecular weight excluding hydrogens is 381 g/mol. The Morgan fingerprint density at radius 3 is 2.70 bits per heavy atom. The van der Waals surface area contributed by atoms with Crippen LogP contribution in [0.3, 0.4) is 0 Å². The van der Waals surface area contributed by atoms with Gasteiger partial charge in [0.25, 0.3) is 5.91 Å². The highest BCUT2D eigenvalue weighted by molar-refractivity contribution is 6.06. The van der Waals surface area contributed by atoms with Gasteiger partial charge in [0, 0.05) is 47.9 Å². The summed E-state index contributed by atoms with van der Waals surface area (Å²) in [5.41, 5.74) is 3.43. The van der Waals surface area contributed by atoms with Gasteiger partial charge < -0.3 is 15.2 Å². The zero-order valence-electron chi connectivity index (χ0n) is 16.4. The number of rotatable bonds is 4. The molecule has 30 heavy (non-hydrogen) atoms. The molecule has 0 aliphatic carbocycles. The number of halogens is 1. The first kappa shape index (κ1) is 18.4. The lowest BCUT2D eigenvalue weighted by molar-refractivity contribution is 0.0933. The Balaban J connectivity index is 1.21. The number of carbonyl (C=O) groups is 1. The Morgan fingerprint density at radius 2 is 1.90 bits per heavy atom. The van der Waals surface area contributed by atoms with Crippen molar-refractivity contribution in [2.75, 3.05) is 18.0 Å². The maximum atomic E-state index is 13.1. The van der Waals surface area contributed by atoms with Crippen LogP contribution in [0, 0.1) is 5.82 Å². The van der Waals surface area contributed by atoms with Gasteiger partial charge >= 0.3 is 0 Å². The average Bonchev–Trinajstić information content (AvgIpc) is 3.44. The smallest absolute Gasteiger partial charge is 0.252 e. The van der Waals surface area contributed by atoms with Crippen LogP contribution in [0.1, 0.15) is 23.2 Å². The number of hydrogen-bond acceptors (Lipinski definition) is 3. The van der Waals surface area contributed by atoms with Gasteiger partial charge in [0.05, 0.1) is 5.69 Å². The fourth-order valence-corrected chi connectivity index (χ4v) is 4.05. The molecule has 0 unspecified atom stereocenters. The lowest BCUT2D eigenvalue weighted by Crippen LogP contribution is -2.44.